The quantitative estimate of drug-likeness (QED) is 0.313. The number of nitrogens with one attached hydrogen (secondary N) is 3. The fourth-order valence-corrected chi connectivity index (χ4v) is 4.64. The maximum Gasteiger partial charge on any atom is 0.307 e. The van der Waals surface area contributed by atoms with E-state index in [0.717, 1.165) is 37.7 Å². The summed E-state index contributed by atoms with van der Waals surface area (Å²) in [5.74, 6) is -2.20. The van der Waals surface area contributed by atoms with Crippen LogP contribution in [0.2, 0.25) is 0 Å². The van der Waals surface area contributed by atoms with E-state index in [2.05, 4.69) is 16.0 Å². The molecule has 3 atom stereocenters. The van der Waals surface area contributed by atoms with Crippen molar-refractivity contribution in [2.24, 2.45) is 5.73 Å². The normalized spacial score (nSPS) is 21.2. The number of amides is 3. The molecule has 0 aromatic heterocycles. The van der Waals surface area contributed by atoms with Crippen molar-refractivity contribution in [2.45, 2.75) is 82.5 Å². The minimum atomic E-state index is -0.970. The van der Waals surface area contributed by atoms with Crippen molar-refractivity contribution in [1.82, 2.24) is 16.0 Å². The lowest BCUT2D eigenvalue weighted by Gasteiger charge is -2.25. The topological polar surface area (TPSA) is 171 Å². The molecule has 2 aromatic rings. The summed E-state index contributed by atoms with van der Waals surface area (Å²) in [6.07, 6.45) is 5.19. The van der Waals surface area contributed by atoms with Gasteiger partial charge in [0.05, 0.1) is 12.5 Å². The molecule has 3 amide bonds. The first-order chi connectivity index (χ1) is 18.7. The molecule has 0 saturated carbocycles. The lowest BCUT2D eigenvalue weighted by Crippen LogP contribution is -2.56. The summed E-state index contributed by atoms with van der Waals surface area (Å²) in [6, 6.07) is 10.8. The Morgan fingerprint density at radius 1 is 0.872 bits per heavy atom. The molecule has 0 radical (unpaired) electrons. The molecule has 10 nitrogen and oxygen atoms in total. The molecule has 0 unspecified atom stereocenters. The van der Waals surface area contributed by atoms with Crippen LogP contribution in [0.25, 0.3) is 0 Å². The van der Waals surface area contributed by atoms with Gasteiger partial charge in [-0.25, -0.2) is 0 Å². The molecule has 1 heterocycles. The first kappa shape index (κ1) is 29.6. The number of carbonyl (C=O) groups is 4. The number of benzene rings is 2. The second-order valence-electron chi connectivity index (χ2n) is 10.0. The Morgan fingerprint density at radius 2 is 1.51 bits per heavy atom. The second kappa shape index (κ2) is 14.9. The molecular formula is C29H38N4O6. The van der Waals surface area contributed by atoms with Crippen LogP contribution in [-0.2, 0) is 38.6 Å². The predicted molar refractivity (Wildman–Crippen MR) is 146 cm³/mol. The fourth-order valence-electron chi connectivity index (χ4n) is 4.64. The van der Waals surface area contributed by atoms with E-state index in [0.29, 0.717) is 24.0 Å². The Labute approximate surface area is 228 Å². The van der Waals surface area contributed by atoms with E-state index in [9.17, 15) is 29.4 Å². The highest BCUT2D eigenvalue weighted by atomic mass is 16.4. The fraction of sp³-hybridized carbons (Fsp3) is 0.448. The lowest BCUT2D eigenvalue weighted by molar-refractivity contribution is -0.136. The van der Waals surface area contributed by atoms with E-state index in [-0.39, 0.29) is 31.0 Å². The number of carbonyl (C=O) groups excluding carboxylic acids is 3. The number of phenols is 1. The maximum absolute atomic E-state index is 13.4. The van der Waals surface area contributed by atoms with Crippen LogP contribution in [0.3, 0.4) is 0 Å². The number of phenolic OH excluding ortho intramolecular Hbond substituents is 1. The highest BCUT2D eigenvalue weighted by Crippen LogP contribution is 2.15. The van der Waals surface area contributed by atoms with Gasteiger partial charge in [-0.1, -0.05) is 68.5 Å². The summed E-state index contributed by atoms with van der Waals surface area (Å²) in [6.45, 7) is 0.122. The molecule has 0 bridgehead atoms. The van der Waals surface area contributed by atoms with Gasteiger partial charge in [-0.15, -0.1) is 0 Å². The number of carboxylic acids is 1. The number of hydrogen-bond donors (Lipinski definition) is 6. The van der Waals surface area contributed by atoms with E-state index in [1.165, 1.54) is 12.1 Å². The van der Waals surface area contributed by atoms with Gasteiger partial charge in [0, 0.05) is 13.0 Å². The van der Waals surface area contributed by atoms with E-state index in [1.54, 1.807) is 36.4 Å². The Kier molecular flexibility index (Phi) is 11.3. The highest BCUT2D eigenvalue weighted by molar-refractivity contribution is 5.93. The van der Waals surface area contributed by atoms with Crippen molar-refractivity contribution in [3.63, 3.8) is 0 Å². The van der Waals surface area contributed by atoms with Crippen LogP contribution in [0, 0.1) is 0 Å². The van der Waals surface area contributed by atoms with E-state index in [4.69, 9.17) is 5.73 Å². The zero-order valence-electron chi connectivity index (χ0n) is 22.0. The van der Waals surface area contributed by atoms with Crippen molar-refractivity contribution in [3.05, 3.63) is 65.2 Å². The van der Waals surface area contributed by atoms with Gasteiger partial charge < -0.3 is 31.9 Å². The van der Waals surface area contributed by atoms with Gasteiger partial charge >= 0.3 is 5.97 Å². The minimum Gasteiger partial charge on any atom is -0.508 e. The molecule has 7 N–H and O–H groups in total. The van der Waals surface area contributed by atoms with Crippen molar-refractivity contribution in [2.75, 3.05) is 0 Å². The van der Waals surface area contributed by atoms with Gasteiger partial charge in [0.25, 0.3) is 0 Å². The van der Waals surface area contributed by atoms with Gasteiger partial charge in [-0.3, -0.25) is 19.2 Å². The number of aromatic hydroxyl groups is 1. The summed E-state index contributed by atoms with van der Waals surface area (Å²) in [5.41, 5.74) is 8.10. The third-order valence-electron chi connectivity index (χ3n) is 6.90. The SMILES string of the molecule is N[C@H]1CCCCCCC[C@@H](C(=O)NCc2ccccc2CC(=O)O)NC(=O)[C@H](Cc2ccc(O)cc2)NC1=O. The van der Waals surface area contributed by atoms with Crippen LogP contribution in [0.5, 0.6) is 5.75 Å². The van der Waals surface area contributed by atoms with Crippen molar-refractivity contribution >= 4 is 23.7 Å². The molecule has 1 aliphatic heterocycles. The average Bonchev–Trinajstić information content (AvgIpc) is 2.90. The third kappa shape index (κ3) is 9.72. The zero-order valence-corrected chi connectivity index (χ0v) is 22.0. The molecule has 1 aliphatic rings. The molecule has 210 valence electrons. The minimum absolute atomic E-state index is 0.0851. The molecule has 0 spiro atoms. The molecule has 0 aliphatic carbocycles. The molecule has 39 heavy (non-hydrogen) atoms. The average molecular weight is 539 g/mol. The van der Waals surface area contributed by atoms with Crippen molar-refractivity contribution in [3.8, 4) is 5.75 Å². The summed E-state index contributed by atoms with van der Waals surface area (Å²) < 4.78 is 0. The first-order valence-corrected chi connectivity index (χ1v) is 13.4. The number of aliphatic carboxylic acids is 1. The summed E-state index contributed by atoms with van der Waals surface area (Å²) in [5, 5.41) is 27.2. The monoisotopic (exact) mass is 538 g/mol. The molecule has 1 fully saturated rings. The Balaban J connectivity index is 1.76. The van der Waals surface area contributed by atoms with Crippen molar-refractivity contribution < 1.29 is 29.4 Å². The number of nitrogens with two attached hydrogens (primary N) is 1. The Hall–Kier alpha value is -3.92. The lowest BCUT2D eigenvalue weighted by atomic mass is 10.00. The van der Waals surface area contributed by atoms with Crippen LogP contribution < -0.4 is 21.7 Å². The standard InChI is InChI=1S/C29H38N4O6/c30-23-10-4-2-1-3-5-11-24(28(38)31-18-21-9-7-6-8-20(21)17-26(35)36)32-29(39)25(33-27(23)37)16-19-12-14-22(34)15-13-19/h6-9,12-15,23-25,34H,1-5,10-11,16-18,30H2,(H,31,38)(H,32,39)(H,33,37)(H,35,36)/t23-,24-,25-/m0/s1. The predicted octanol–water partition coefficient (Wildman–Crippen LogP) is 1.92. The smallest absolute Gasteiger partial charge is 0.307 e. The highest BCUT2D eigenvalue weighted by Gasteiger charge is 2.28. The van der Waals surface area contributed by atoms with E-state index < -0.39 is 35.9 Å². The molecular weight excluding hydrogens is 500 g/mol. The van der Waals surface area contributed by atoms with Crippen LogP contribution in [0.4, 0.5) is 0 Å². The Morgan fingerprint density at radius 3 is 2.21 bits per heavy atom. The van der Waals surface area contributed by atoms with Crippen LogP contribution in [0.1, 0.15) is 61.6 Å². The molecule has 10 heteroatoms. The molecule has 3 rings (SSSR count). The number of rotatable bonds is 7. The van der Waals surface area contributed by atoms with Gasteiger partial charge in [0.15, 0.2) is 0 Å². The molecule has 1 saturated heterocycles. The number of carboxylic acid groups (broad SMARTS) is 1. The zero-order chi connectivity index (χ0) is 28.2. The van der Waals surface area contributed by atoms with E-state index >= 15 is 0 Å². The molecule has 2 aromatic carbocycles. The largest absolute Gasteiger partial charge is 0.508 e. The summed E-state index contributed by atoms with van der Waals surface area (Å²) in [7, 11) is 0. The van der Waals surface area contributed by atoms with Crippen LogP contribution >= 0.6 is 0 Å². The van der Waals surface area contributed by atoms with Gasteiger partial charge in [0.1, 0.15) is 17.8 Å². The second-order valence-corrected chi connectivity index (χ2v) is 10.0. The van der Waals surface area contributed by atoms with Crippen LogP contribution in [-0.4, -0.2) is 52.0 Å². The number of hydrogen-bond acceptors (Lipinski definition) is 6. The third-order valence-corrected chi connectivity index (χ3v) is 6.90. The van der Waals surface area contributed by atoms with Gasteiger partial charge in [-0.05, 0) is 41.7 Å². The van der Waals surface area contributed by atoms with Crippen molar-refractivity contribution in [1.29, 1.82) is 0 Å². The maximum atomic E-state index is 13.4. The van der Waals surface area contributed by atoms with Gasteiger partial charge in [0.2, 0.25) is 17.7 Å². The Bertz CT molecular complexity index is 1140. The van der Waals surface area contributed by atoms with E-state index in [1.807, 2.05) is 0 Å². The first-order valence-electron chi connectivity index (χ1n) is 13.4. The van der Waals surface area contributed by atoms with Crippen LogP contribution in [0.15, 0.2) is 48.5 Å². The summed E-state index contributed by atoms with van der Waals surface area (Å²) in [4.78, 5) is 50.6. The summed E-state index contributed by atoms with van der Waals surface area (Å²) >= 11 is 0. The van der Waals surface area contributed by atoms with Gasteiger partial charge in [-0.2, -0.15) is 0 Å².